The number of rotatable bonds is 9. The predicted molar refractivity (Wildman–Crippen MR) is 128 cm³/mol. The van der Waals surface area contributed by atoms with Crippen LogP contribution in [-0.4, -0.2) is 79.5 Å². The molecule has 1 N–H and O–H groups in total. The van der Waals surface area contributed by atoms with Gasteiger partial charge in [-0.25, -0.2) is 29.3 Å². The zero-order valence-electron chi connectivity index (χ0n) is 21.1. The summed E-state index contributed by atoms with van der Waals surface area (Å²) >= 11 is 0. The molecule has 202 valence electrons. The van der Waals surface area contributed by atoms with E-state index >= 15 is 0 Å². The van der Waals surface area contributed by atoms with Gasteiger partial charge in [0.2, 0.25) is 0 Å². The molecule has 0 aromatic heterocycles. The summed E-state index contributed by atoms with van der Waals surface area (Å²) in [4.78, 5) is 47.4. The topological polar surface area (TPSA) is 134 Å². The molecule has 0 radical (unpaired) electrons. The number of amidine groups is 1. The number of esters is 2. The number of hydroxylamine groups is 2. The normalized spacial score (nSPS) is 21.8. The number of hydrogen-bond acceptors (Lipinski definition) is 11. The molecule has 2 heterocycles. The molecule has 0 bridgehead atoms. The molecule has 2 fully saturated rings. The molecule has 1 unspecified atom stereocenters. The van der Waals surface area contributed by atoms with Gasteiger partial charge in [0.1, 0.15) is 12.1 Å². The third kappa shape index (κ3) is 6.38. The van der Waals surface area contributed by atoms with Crippen molar-refractivity contribution in [2.45, 2.75) is 63.7 Å². The van der Waals surface area contributed by atoms with Crippen molar-refractivity contribution in [3.05, 3.63) is 35.9 Å². The van der Waals surface area contributed by atoms with Crippen LogP contribution in [0.15, 0.2) is 35.3 Å². The Morgan fingerprint density at radius 1 is 1.03 bits per heavy atom. The van der Waals surface area contributed by atoms with Gasteiger partial charge in [-0.3, -0.25) is 0 Å². The number of amides is 1. The molecule has 12 nitrogen and oxygen atoms in total. The highest BCUT2D eigenvalue weighted by atomic mass is 16.7. The number of likely N-dealkylation sites (N-methyl/N-ethyl adjacent to an activating group) is 1. The Morgan fingerprint density at radius 2 is 1.73 bits per heavy atom. The largest absolute Gasteiger partial charge is 0.463 e. The van der Waals surface area contributed by atoms with Crippen LogP contribution in [0.25, 0.3) is 0 Å². The summed E-state index contributed by atoms with van der Waals surface area (Å²) in [6, 6.07) is 9.34. The summed E-state index contributed by atoms with van der Waals surface area (Å²) < 4.78 is 27.0. The van der Waals surface area contributed by atoms with E-state index in [9.17, 15) is 14.4 Å². The van der Waals surface area contributed by atoms with Gasteiger partial charge in [-0.2, -0.15) is 0 Å². The first kappa shape index (κ1) is 26.8. The van der Waals surface area contributed by atoms with Crippen LogP contribution in [0.3, 0.4) is 0 Å². The Balaban J connectivity index is 1.50. The zero-order valence-corrected chi connectivity index (χ0v) is 21.1. The van der Waals surface area contributed by atoms with Crippen molar-refractivity contribution >= 4 is 23.9 Å². The van der Waals surface area contributed by atoms with Crippen LogP contribution < -0.4 is 5.32 Å². The second-order valence-corrected chi connectivity index (χ2v) is 8.89. The van der Waals surface area contributed by atoms with Crippen LogP contribution in [-0.2, 0) is 44.7 Å². The van der Waals surface area contributed by atoms with Crippen LogP contribution >= 0.6 is 0 Å². The summed E-state index contributed by atoms with van der Waals surface area (Å²) in [7, 11) is 0. The van der Waals surface area contributed by atoms with E-state index in [1.807, 2.05) is 37.3 Å². The fourth-order valence-electron chi connectivity index (χ4n) is 4.66. The molecule has 1 aromatic rings. The Labute approximate surface area is 215 Å². The minimum atomic E-state index is -1.32. The molecular weight excluding hydrogens is 486 g/mol. The van der Waals surface area contributed by atoms with Gasteiger partial charge in [-0.1, -0.05) is 30.3 Å². The van der Waals surface area contributed by atoms with E-state index in [2.05, 4.69) is 10.3 Å². The number of carbonyl (C=O) groups is 3. The molecule has 2 aliphatic heterocycles. The Bertz CT molecular complexity index is 984. The monoisotopic (exact) mass is 519 g/mol. The van der Waals surface area contributed by atoms with Crippen LogP contribution in [0.1, 0.15) is 45.1 Å². The fraction of sp³-hybridized carbons (Fsp3) is 0.600. The number of nitrogens with one attached hydrogen (secondary N) is 1. The smallest absolute Gasteiger partial charge is 0.408 e. The minimum Gasteiger partial charge on any atom is -0.463 e. The van der Waals surface area contributed by atoms with Gasteiger partial charge in [0, 0.05) is 19.4 Å². The lowest BCUT2D eigenvalue weighted by molar-refractivity contribution is -0.186. The molecule has 1 saturated heterocycles. The molecule has 1 spiro atoms. The molecule has 1 aliphatic carbocycles. The van der Waals surface area contributed by atoms with Crippen molar-refractivity contribution in [3.8, 4) is 0 Å². The van der Waals surface area contributed by atoms with Crippen LogP contribution in [0.5, 0.6) is 0 Å². The maximum atomic E-state index is 13.0. The molecule has 1 atom stereocenters. The lowest BCUT2D eigenvalue weighted by Gasteiger charge is -2.44. The van der Waals surface area contributed by atoms with Crippen molar-refractivity contribution in [1.29, 1.82) is 0 Å². The number of carbonyl (C=O) groups excluding carboxylic acids is 3. The van der Waals surface area contributed by atoms with Crippen molar-refractivity contribution in [1.82, 2.24) is 10.4 Å². The fourth-order valence-corrected chi connectivity index (χ4v) is 4.66. The highest BCUT2D eigenvalue weighted by molar-refractivity contribution is 5.96. The average molecular weight is 520 g/mol. The lowest BCUT2D eigenvalue weighted by Crippen LogP contribution is -2.62. The molecule has 12 heteroatoms. The third-order valence-electron chi connectivity index (χ3n) is 6.49. The van der Waals surface area contributed by atoms with Crippen molar-refractivity contribution in [3.63, 3.8) is 0 Å². The maximum Gasteiger partial charge on any atom is 0.408 e. The van der Waals surface area contributed by atoms with Crippen molar-refractivity contribution in [2.75, 3.05) is 33.0 Å². The molecule has 1 amide bonds. The lowest BCUT2D eigenvalue weighted by atomic mass is 9.77. The SMILES string of the molecule is CCOC(=O)COC(=O)C1N=C(C2(NC(=O)OCc3ccccc3)CCC3(CC2)OCCO3)N(CC)O1. The van der Waals surface area contributed by atoms with Gasteiger partial charge in [0.15, 0.2) is 18.2 Å². The van der Waals surface area contributed by atoms with Gasteiger partial charge in [-0.15, -0.1) is 0 Å². The summed E-state index contributed by atoms with van der Waals surface area (Å²) in [6.45, 7) is 4.59. The van der Waals surface area contributed by atoms with Gasteiger partial charge in [0.25, 0.3) is 6.23 Å². The summed E-state index contributed by atoms with van der Waals surface area (Å²) in [6.07, 6.45) is -0.118. The van der Waals surface area contributed by atoms with Gasteiger partial charge in [-0.05, 0) is 32.3 Å². The standard InChI is InChI=1S/C25H33N3O9/c1-3-28-22(26-20(37-28)21(30)33-17-19(29)32-4-2)24(10-12-25(13-11-24)35-14-15-36-25)27-23(31)34-16-18-8-6-5-7-9-18/h5-9,20H,3-4,10-17H2,1-2H3,(H,27,31). The Kier molecular flexibility index (Phi) is 8.62. The number of nitrogens with zero attached hydrogens (tertiary/aromatic N) is 2. The number of hydrogen-bond donors (Lipinski definition) is 1. The highest BCUT2D eigenvalue weighted by Gasteiger charge is 2.53. The van der Waals surface area contributed by atoms with Gasteiger partial charge in [0.05, 0.1) is 19.8 Å². The van der Waals surface area contributed by atoms with E-state index in [-0.39, 0.29) is 13.2 Å². The summed E-state index contributed by atoms with van der Waals surface area (Å²) in [5.41, 5.74) is -0.149. The quantitative estimate of drug-likeness (QED) is 0.382. The van der Waals surface area contributed by atoms with E-state index in [0.717, 1.165) is 5.56 Å². The molecule has 3 aliphatic rings. The first-order chi connectivity index (χ1) is 17.9. The number of aliphatic imine (C=N–C) groups is 1. The highest BCUT2D eigenvalue weighted by Crippen LogP contribution is 2.42. The van der Waals surface area contributed by atoms with Crippen molar-refractivity contribution < 1.29 is 42.9 Å². The average Bonchev–Trinajstić information content (AvgIpc) is 3.56. The zero-order chi connectivity index (χ0) is 26.3. The number of alkyl carbamates (subject to hydrolysis) is 1. The second kappa shape index (κ2) is 11.9. The summed E-state index contributed by atoms with van der Waals surface area (Å²) in [5, 5.41) is 4.45. The van der Waals surface area contributed by atoms with E-state index in [0.29, 0.717) is 51.3 Å². The van der Waals surface area contributed by atoms with Crippen molar-refractivity contribution in [2.24, 2.45) is 4.99 Å². The Morgan fingerprint density at radius 3 is 2.38 bits per heavy atom. The second-order valence-electron chi connectivity index (χ2n) is 8.89. The minimum absolute atomic E-state index is 0.0994. The molecular formula is C25H33N3O9. The number of benzene rings is 1. The predicted octanol–water partition coefficient (Wildman–Crippen LogP) is 2.07. The van der Waals surface area contributed by atoms with Crippen LogP contribution in [0, 0.1) is 0 Å². The van der Waals surface area contributed by atoms with E-state index in [1.54, 1.807) is 6.92 Å². The number of ether oxygens (including phenoxy) is 5. The first-order valence-corrected chi connectivity index (χ1v) is 12.5. The third-order valence-corrected chi connectivity index (χ3v) is 6.49. The van der Waals surface area contributed by atoms with Crippen LogP contribution in [0.4, 0.5) is 4.79 Å². The van der Waals surface area contributed by atoms with Gasteiger partial charge >= 0.3 is 18.0 Å². The van der Waals surface area contributed by atoms with E-state index < -0.39 is 42.2 Å². The first-order valence-electron chi connectivity index (χ1n) is 12.5. The van der Waals surface area contributed by atoms with Crippen LogP contribution in [0.2, 0.25) is 0 Å². The maximum absolute atomic E-state index is 13.0. The Hall–Kier alpha value is -3.22. The van der Waals surface area contributed by atoms with Gasteiger partial charge < -0.3 is 29.0 Å². The summed E-state index contributed by atoms with van der Waals surface area (Å²) in [5.74, 6) is -1.83. The molecule has 37 heavy (non-hydrogen) atoms. The molecule has 1 saturated carbocycles. The molecule has 4 rings (SSSR count). The van der Waals surface area contributed by atoms with E-state index in [1.165, 1.54) is 5.06 Å². The van der Waals surface area contributed by atoms with E-state index in [4.69, 9.17) is 28.5 Å². The molecule has 1 aromatic carbocycles.